The molecular weight excluding hydrogens is 340 g/mol. The van der Waals surface area contributed by atoms with Gasteiger partial charge in [-0.05, 0) is 37.1 Å². The van der Waals surface area contributed by atoms with E-state index in [1.807, 2.05) is 4.90 Å². The van der Waals surface area contributed by atoms with Crippen molar-refractivity contribution in [2.45, 2.75) is 30.2 Å². The number of likely N-dealkylation sites (tertiary alicyclic amines) is 1. The topological polar surface area (TPSA) is 89.7 Å². The van der Waals surface area contributed by atoms with Crippen LogP contribution in [0.25, 0.3) is 0 Å². The average Bonchev–Trinajstić information content (AvgIpc) is 2.95. The van der Waals surface area contributed by atoms with Crippen molar-refractivity contribution in [3.8, 4) is 5.75 Å². The monoisotopic (exact) mass is 362 g/mol. The Morgan fingerprint density at radius 1 is 1.35 bits per heavy atom. The molecule has 6 nitrogen and oxygen atoms in total. The molecule has 2 rings (SSSR count). The first kappa shape index (κ1) is 19.7. The molecule has 23 heavy (non-hydrogen) atoms. The van der Waals surface area contributed by atoms with Gasteiger partial charge in [-0.15, -0.1) is 12.4 Å². The van der Waals surface area contributed by atoms with E-state index in [0.29, 0.717) is 18.7 Å². The number of benzene rings is 1. The Morgan fingerprint density at radius 2 is 2.00 bits per heavy atom. The lowest BCUT2D eigenvalue weighted by atomic mass is 10.2. The predicted molar refractivity (Wildman–Crippen MR) is 90.7 cm³/mol. The third kappa shape index (κ3) is 5.37. The Hall–Kier alpha value is -1.31. The zero-order valence-electron chi connectivity index (χ0n) is 13.1. The summed E-state index contributed by atoms with van der Waals surface area (Å²) >= 11 is 0. The fourth-order valence-electron chi connectivity index (χ4n) is 2.59. The van der Waals surface area contributed by atoms with Gasteiger partial charge in [-0.1, -0.05) is 0 Å². The van der Waals surface area contributed by atoms with Gasteiger partial charge in [-0.3, -0.25) is 4.79 Å². The van der Waals surface area contributed by atoms with Crippen LogP contribution in [0, 0.1) is 0 Å². The van der Waals surface area contributed by atoms with Crippen LogP contribution >= 0.6 is 12.4 Å². The van der Waals surface area contributed by atoms with E-state index in [-0.39, 0.29) is 35.9 Å². The second-order valence-corrected chi connectivity index (χ2v) is 7.48. The van der Waals surface area contributed by atoms with Gasteiger partial charge in [0.1, 0.15) is 5.75 Å². The van der Waals surface area contributed by atoms with Crippen LogP contribution in [0.4, 0.5) is 0 Å². The summed E-state index contributed by atoms with van der Waals surface area (Å²) in [7, 11) is -3.20. The van der Waals surface area contributed by atoms with Gasteiger partial charge in [-0.25, -0.2) is 8.42 Å². The van der Waals surface area contributed by atoms with Crippen molar-refractivity contribution in [1.29, 1.82) is 0 Å². The molecule has 1 aliphatic heterocycles. The number of carbonyl (C=O) groups is 1. The maximum atomic E-state index is 12.1. The van der Waals surface area contributed by atoms with Crippen LogP contribution in [0.2, 0.25) is 0 Å². The molecule has 1 atom stereocenters. The second-order valence-electron chi connectivity index (χ2n) is 5.46. The van der Waals surface area contributed by atoms with Crippen molar-refractivity contribution in [2.75, 3.05) is 26.0 Å². The number of nitrogens with two attached hydrogens (primary N) is 1. The van der Waals surface area contributed by atoms with Crippen LogP contribution in [0.15, 0.2) is 29.2 Å². The van der Waals surface area contributed by atoms with E-state index in [0.717, 1.165) is 25.6 Å². The lowest BCUT2D eigenvalue weighted by Crippen LogP contribution is -2.40. The molecule has 1 saturated heterocycles. The normalized spacial score (nSPS) is 17.7. The Bertz CT molecular complexity index is 619. The molecule has 0 aromatic heterocycles. The minimum atomic E-state index is -3.20. The molecule has 1 fully saturated rings. The van der Waals surface area contributed by atoms with Gasteiger partial charge in [-0.2, -0.15) is 0 Å². The zero-order chi connectivity index (χ0) is 16.2. The summed E-state index contributed by atoms with van der Waals surface area (Å²) in [4.78, 5) is 14.2. The molecule has 8 heteroatoms. The van der Waals surface area contributed by atoms with Crippen LogP contribution in [0.1, 0.15) is 19.3 Å². The molecule has 0 saturated carbocycles. The highest BCUT2D eigenvalue weighted by Crippen LogP contribution is 2.18. The van der Waals surface area contributed by atoms with Gasteiger partial charge in [0, 0.05) is 25.4 Å². The Balaban J connectivity index is 0.00000264. The van der Waals surface area contributed by atoms with Crippen molar-refractivity contribution in [2.24, 2.45) is 5.73 Å². The highest BCUT2D eigenvalue weighted by molar-refractivity contribution is 7.90. The number of carbonyl (C=O) groups excluding carboxylic acids is 1. The number of sulfone groups is 1. The molecule has 0 bridgehead atoms. The number of rotatable bonds is 6. The highest BCUT2D eigenvalue weighted by atomic mass is 35.5. The summed E-state index contributed by atoms with van der Waals surface area (Å²) < 4.78 is 28.2. The van der Waals surface area contributed by atoms with Crippen LogP contribution in [-0.2, 0) is 14.6 Å². The van der Waals surface area contributed by atoms with E-state index in [1.54, 1.807) is 12.1 Å². The van der Waals surface area contributed by atoms with E-state index in [4.69, 9.17) is 10.5 Å². The fraction of sp³-hybridized carbons (Fsp3) is 0.533. The highest BCUT2D eigenvalue weighted by Gasteiger charge is 2.26. The number of ether oxygens (including phenoxy) is 1. The Labute approximate surface area is 143 Å². The first-order valence-electron chi connectivity index (χ1n) is 7.34. The van der Waals surface area contributed by atoms with Crippen LogP contribution in [-0.4, -0.2) is 51.2 Å². The molecule has 1 amide bonds. The molecule has 130 valence electrons. The van der Waals surface area contributed by atoms with Crippen LogP contribution in [0.5, 0.6) is 5.75 Å². The predicted octanol–water partition coefficient (Wildman–Crippen LogP) is 1.23. The van der Waals surface area contributed by atoms with Crippen molar-refractivity contribution in [3.63, 3.8) is 0 Å². The molecular formula is C15H23ClN2O4S. The SMILES string of the molecule is CS(=O)(=O)c1ccc(OCCC(=O)N2CCCC2CN)cc1.Cl. The molecule has 1 aliphatic rings. The number of nitrogens with zero attached hydrogens (tertiary/aromatic N) is 1. The van der Waals surface area contributed by atoms with Gasteiger partial charge in [0.25, 0.3) is 0 Å². The van der Waals surface area contributed by atoms with Gasteiger partial charge in [0.15, 0.2) is 9.84 Å². The number of halogens is 1. The minimum Gasteiger partial charge on any atom is -0.493 e. The summed E-state index contributed by atoms with van der Waals surface area (Å²) in [6, 6.07) is 6.34. The Kier molecular flexibility index (Phi) is 7.31. The summed E-state index contributed by atoms with van der Waals surface area (Å²) in [5.74, 6) is 0.609. The quantitative estimate of drug-likeness (QED) is 0.822. The van der Waals surface area contributed by atoms with Crippen LogP contribution < -0.4 is 10.5 Å². The third-order valence-electron chi connectivity index (χ3n) is 3.81. The summed E-state index contributed by atoms with van der Waals surface area (Å²) in [6.45, 7) is 1.54. The first-order valence-corrected chi connectivity index (χ1v) is 9.23. The van der Waals surface area contributed by atoms with Crippen molar-refractivity contribution < 1.29 is 17.9 Å². The van der Waals surface area contributed by atoms with Crippen molar-refractivity contribution in [3.05, 3.63) is 24.3 Å². The van der Waals surface area contributed by atoms with E-state index in [9.17, 15) is 13.2 Å². The molecule has 0 aliphatic carbocycles. The minimum absolute atomic E-state index is 0. The van der Waals surface area contributed by atoms with E-state index in [1.165, 1.54) is 12.1 Å². The molecule has 0 radical (unpaired) electrons. The smallest absolute Gasteiger partial charge is 0.226 e. The molecule has 1 unspecified atom stereocenters. The van der Waals surface area contributed by atoms with E-state index >= 15 is 0 Å². The van der Waals surface area contributed by atoms with Crippen LogP contribution in [0.3, 0.4) is 0 Å². The third-order valence-corrected chi connectivity index (χ3v) is 4.93. The van der Waals surface area contributed by atoms with Crippen molar-refractivity contribution >= 4 is 28.2 Å². The average molecular weight is 363 g/mol. The summed E-state index contributed by atoms with van der Waals surface area (Å²) in [5.41, 5.74) is 5.66. The lowest BCUT2D eigenvalue weighted by molar-refractivity contribution is -0.132. The first-order chi connectivity index (χ1) is 10.4. The van der Waals surface area contributed by atoms with E-state index < -0.39 is 9.84 Å². The maximum Gasteiger partial charge on any atom is 0.226 e. The maximum absolute atomic E-state index is 12.1. The van der Waals surface area contributed by atoms with E-state index in [2.05, 4.69) is 0 Å². The molecule has 0 spiro atoms. The number of amides is 1. The largest absolute Gasteiger partial charge is 0.493 e. The Morgan fingerprint density at radius 3 is 2.57 bits per heavy atom. The zero-order valence-corrected chi connectivity index (χ0v) is 14.7. The number of hydrogen-bond donors (Lipinski definition) is 1. The summed E-state index contributed by atoms with van der Waals surface area (Å²) in [6.07, 6.45) is 3.42. The lowest BCUT2D eigenvalue weighted by Gasteiger charge is -2.23. The van der Waals surface area contributed by atoms with Gasteiger partial charge < -0.3 is 15.4 Å². The fourth-order valence-corrected chi connectivity index (χ4v) is 3.22. The molecule has 1 aromatic rings. The second kappa shape index (κ2) is 8.52. The van der Waals surface area contributed by atoms with Gasteiger partial charge in [0.05, 0.1) is 17.9 Å². The molecule has 1 aromatic carbocycles. The molecule has 1 heterocycles. The van der Waals surface area contributed by atoms with Gasteiger partial charge in [0.2, 0.25) is 5.91 Å². The summed E-state index contributed by atoms with van der Waals surface area (Å²) in [5, 5.41) is 0. The number of hydrogen-bond acceptors (Lipinski definition) is 5. The molecule has 2 N–H and O–H groups in total. The van der Waals surface area contributed by atoms with Crippen molar-refractivity contribution in [1.82, 2.24) is 4.90 Å². The van der Waals surface area contributed by atoms with Gasteiger partial charge >= 0.3 is 0 Å². The standard InChI is InChI=1S/C15H22N2O4S.ClH/c1-22(19,20)14-6-4-13(5-7-14)21-10-8-15(18)17-9-2-3-12(17)11-16;/h4-7,12H,2-3,8-11,16H2,1H3;1H.